The summed E-state index contributed by atoms with van der Waals surface area (Å²) >= 11 is 3.41. The van der Waals surface area contributed by atoms with E-state index < -0.39 is 6.10 Å². The molecule has 33 heavy (non-hydrogen) atoms. The van der Waals surface area contributed by atoms with Crippen LogP contribution in [0.5, 0.6) is 5.75 Å². The Morgan fingerprint density at radius 1 is 1.06 bits per heavy atom. The number of hydrogen-bond donors (Lipinski definition) is 0. The van der Waals surface area contributed by atoms with Crippen molar-refractivity contribution in [3.8, 4) is 5.75 Å². The smallest absolute Gasteiger partial charge is 0.160 e. The van der Waals surface area contributed by atoms with Crippen LogP contribution in [-0.2, 0) is 4.79 Å². The first-order valence-electron chi connectivity index (χ1n) is 11.8. The number of halogens is 2. The number of benzene rings is 2. The minimum atomic E-state index is -0.411. The molecule has 0 bridgehead atoms. The molecule has 0 radical (unpaired) electrons. The third kappa shape index (κ3) is 8.00. The maximum atomic E-state index is 13.1. The van der Waals surface area contributed by atoms with Gasteiger partial charge in [0, 0.05) is 50.8 Å². The second kappa shape index (κ2) is 13.6. The normalized spacial score (nSPS) is 15.3. The average molecular weight is 520 g/mol. The lowest BCUT2D eigenvalue weighted by Gasteiger charge is -2.36. The monoisotopic (exact) mass is 519 g/mol. The molecule has 0 amide bonds. The van der Waals surface area contributed by atoms with Gasteiger partial charge in [-0.1, -0.05) is 28.1 Å². The topological polar surface area (TPSA) is 36.0 Å². The van der Waals surface area contributed by atoms with Crippen LogP contribution in [0.2, 0.25) is 0 Å². The summed E-state index contributed by atoms with van der Waals surface area (Å²) in [6.07, 6.45) is 4.32. The van der Waals surface area contributed by atoms with Crippen molar-refractivity contribution in [1.82, 2.24) is 4.90 Å². The van der Waals surface area contributed by atoms with Gasteiger partial charge in [0.05, 0.1) is 5.69 Å². The maximum absolute atomic E-state index is 13.1. The summed E-state index contributed by atoms with van der Waals surface area (Å²) in [5, 5.41) is 0.865. The van der Waals surface area contributed by atoms with Crippen molar-refractivity contribution in [2.24, 2.45) is 0 Å². The first kappa shape index (κ1) is 25.5. The van der Waals surface area contributed by atoms with Gasteiger partial charge in [0.25, 0.3) is 0 Å². The predicted octanol–water partition coefficient (Wildman–Crippen LogP) is 4.99. The zero-order chi connectivity index (χ0) is 23.5. The van der Waals surface area contributed by atoms with E-state index in [1.54, 1.807) is 0 Å². The molecule has 1 heterocycles. The highest BCUT2D eigenvalue weighted by Gasteiger charge is 2.17. The number of alkyl halides is 1. The Bertz CT molecular complexity index is 844. The highest BCUT2D eigenvalue weighted by molar-refractivity contribution is 9.09. The van der Waals surface area contributed by atoms with Gasteiger partial charge in [-0.3, -0.25) is 9.69 Å². The number of nitrogens with zero attached hydrogens (tertiary/aromatic N) is 3. The molecule has 1 aliphatic rings. The fourth-order valence-corrected chi connectivity index (χ4v) is 4.48. The van der Waals surface area contributed by atoms with E-state index >= 15 is 0 Å². The number of hydrogen-bond acceptors (Lipinski definition) is 5. The number of para-hydroxylation sites is 2. The van der Waals surface area contributed by atoms with Gasteiger partial charge in [-0.25, -0.2) is 4.39 Å². The van der Waals surface area contributed by atoms with Gasteiger partial charge in [-0.2, -0.15) is 0 Å². The Balaban J connectivity index is 1.40. The largest absolute Gasteiger partial charge is 0.481 e. The van der Waals surface area contributed by atoms with Crippen molar-refractivity contribution in [2.75, 3.05) is 61.4 Å². The predicted molar refractivity (Wildman–Crippen MR) is 138 cm³/mol. The zero-order valence-corrected chi connectivity index (χ0v) is 21.1. The maximum Gasteiger partial charge on any atom is 0.160 e. The van der Waals surface area contributed by atoms with Crippen LogP contribution in [0.25, 0.3) is 0 Å². The molecule has 0 saturated carbocycles. The minimum absolute atomic E-state index is 0.185. The lowest BCUT2D eigenvalue weighted by atomic mass is 10.2. The Morgan fingerprint density at radius 2 is 1.79 bits per heavy atom. The molecule has 0 spiro atoms. The van der Waals surface area contributed by atoms with E-state index in [0.717, 1.165) is 87.3 Å². The number of unbranched alkanes of at least 4 members (excludes halogenated alkanes) is 1. The molecular formula is C26H35BrFN3O2. The summed E-state index contributed by atoms with van der Waals surface area (Å²) in [4.78, 5) is 18.4. The average Bonchev–Trinajstić information content (AvgIpc) is 2.85. The molecule has 1 aliphatic heterocycles. The number of ether oxygens (including phenoxy) is 1. The van der Waals surface area contributed by atoms with Gasteiger partial charge in [0.2, 0.25) is 0 Å². The van der Waals surface area contributed by atoms with Crippen molar-refractivity contribution in [3.63, 3.8) is 0 Å². The molecule has 2 aromatic carbocycles. The van der Waals surface area contributed by atoms with Crippen LogP contribution >= 0.6 is 15.9 Å². The van der Waals surface area contributed by atoms with Crippen molar-refractivity contribution < 1.29 is 13.9 Å². The molecule has 1 atom stereocenters. The molecule has 0 aliphatic carbocycles. The van der Waals surface area contributed by atoms with Gasteiger partial charge >= 0.3 is 0 Å². The van der Waals surface area contributed by atoms with E-state index in [9.17, 15) is 9.18 Å². The molecule has 1 saturated heterocycles. The highest BCUT2D eigenvalue weighted by atomic mass is 79.9. The molecule has 180 valence electrons. The Kier molecular flexibility index (Phi) is 10.5. The van der Waals surface area contributed by atoms with Crippen molar-refractivity contribution in [2.45, 2.75) is 31.8 Å². The van der Waals surface area contributed by atoms with Crippen LogP contribution in [-0.4, -0.2) is 68.9 Å². The third-order valence-corrected chi connectivity index (χ3v) is 6.67. The fraction of sp³-hybridized carbons (Fsp3) is 0.500. The first-order valence-corrected chi connectivity index (χ1v) is 12.9. The molecular weight excluding hydrogens is 485 g/mol. The molecule has 0 N–H and O–H groups in total. The van der Waals surface area contributed by atoms with Crippen LogP contribution in [0.15, 0.2) is 48.5 Å². The van der Waals surface area contributed by atoms with Crippen LogP contribution < -0.4 is 14.5 Å². The molecule has 1 fully saturated rings. The van der Waals surface area contributed by atoms with Crippen LogP contribution in [0.4, 0.5) is 15.8 Å². The van der Waals surface area contributed by atoms with Gasteiger partial charge < -0.3 is 14.5 Å². The second-order valence-corrected chi connectivity index (χ2v) is 9.32. The van der Waals surface area contributed by atoms with Crippen molar-refractivity contribution in [1.29, 1.82) is 0 Å². The Hall–Kier alpha value is -2.12. The summed E-state index contributed by atoms with van der Waals surface area (Å²) in [7, 11) is 2.08. The van der Waals surface area contributed by atoms with Crippen molar-refractivity contribution in [3.05, 3.63) is 54.3 Å². The molecule has 0 aromatic heterocycles. The molecule has 1 unspecified atom stereocenters. The molecule has 7 heteroatoms. The summed E-state index contributed by atoms with van der Waals surface area (Å²) < 4.78 is 19.1. The summed E-state index contributed by atoms with van der Waals surface area (Å²) in [5.41, 5.74) is 2.12. The molecule has 3 rings (SSSR count). The summed E-state index contributed by atoms with van der Waals surface area (Å²) in [5.74, 6) is 0.582. The van der Waals surface area contributed by atoms with E-state index in [0.29, 0.717) is 6.42 Å². The van der Waals surface area contributed by atoms with Crippen LogP contribution in [0.1, 0.15) is 25.7 Å². The SMILES string of the molecule is CN(CCCCN1CCN(c2ccc(F)cc2)CC1)c1ccccc1OC(C=O)CCCBr. The number of carbonyl (C=O) groups is 1. The summed E-state index contributed by atoms with van der Waals surface area (Å²) in [6, 6.07) is 14.7. The molecule has 5 nitrogen and oxygen atoms in total. The van der Waals surface area contributed by atoms with Crippen LogP contribution in [0.3, 0.4) is 0 Å². The summed E-state index contributed by atoms with van der Waals surface area (Å²) in [6.45, 7) is 6.04. The lowest BCUT2D eigenvalue weighted by Crippen LogP contribution is -2.46. The van der Waals surface area contributed by atoms with Crippen molar-refractivity contribution >= 4 is 33.6 Å². The van der Waals surface area contributed by atoms with Gasteiger partial charge in [0.1, 0.15) is 11.6 Å². The van der Waals surface area contributed by atoms with E-state index in [1.807, 2.05) is 30.3 Å². The number of rotatable bonds is 13. The number of piperazine rings is 1. The lowest BCUT2D eigenvalue weighted by molar-refractivity contribution is -0.113. The first-order chi connectivity index (χ1) is 16.1. The van der Waals surface area contributed by atoms with E-state index in [1.165, 1.54) is 12.1 Å². The van der Waals surface area contributed by atoms with E-state index in [-0.39, 0.29) is 5.82 Å². The highest BCUT2D eigenvalue weighted by Crippen LogP contribution is 2.28. The van der Waals surface area contributed by atoms with Gasteiger partial charge in [-0.05, 0) is 68.6 Å². The molecule has 2 aromatic rings. The number of aldehydes is 1. The number of anilines is 2. The van der Waals surface area contributed by atoms with E-state index in [4.69, 9.17) is 4.74 Å². The number of carbonyl (C=O) groups excluding carboxylic acids is 1. The third-order valence-electron chi connectivity index (χ3n) is 6.11. The van der Waals surface area contributed by atoms with E-state index in [2.05, 4.69) is 43.7 Å². The van der Waals surface area contributed by atoms with Crippen LogP contribution in [0, 0.1) is 5.82 Å². The Labute approximate surface area is 205 Å². The standard InChI is InChI=1S/C26H35BrFN3O2/c1-29(25-8-2-3-9-26(25)33-24(21-32)7-6-14-27)15-4-5-16-30-17-19-31(20-18-30)23-12-10-22(28)11-13-23/h2-3,8-13,21,24H,4-7,14-20H2,1H3. The minimum Gasteiger partial charge on any atom is -0.481 e. The fourth-order valence-electron chi connectivity index (χ4n) is 4.15. The zero-order valence-electron chi connectivity index (χ0n) is 19.5. The van der Waals surface area contributed by atoms with Gasteiger partial charge in [-0.15, -0.1) is 0 Å². The Morgan fingerprint density at radius 3 is 2.48 bits per heavy atom. The second-order valence-electron chi connectivity index (χ2n) is 8.53. The van der Waals surface area contributed by atoms with Gasteiger partial charge in [0.15, 0.2) is 12.4 Å². The quantitative estimate of drug-likeness (QED) is 0.212.